The average molecular weight is 435 g/mol. The number of benzene rings is 2. The van der Waals surface area contributed by atoms with Gasteiger partial charge in [-0.2, -0.15) is 5.10 Å². The lowest BCUT2D eigenvalue weighted by molar-refractivity contribution is 0.300. The van der Waals surface area contributed by atoms with E-state index in [1.165, 1.54) is 17.7 Å². The van der Waals surface area contributed by atoms with E-state index < -0.39 is 0 Å². The predicted octanol–water partition coefficient (Wildman–Crippen LogP) is 4.40. The fraction of sp³-hybridized carbons (Fsp3) is 0.320. The minimum absolute atomic E-state index is 0.272. The van der Waals surface area contributed by atoms with Gasteiger partial charge >= 0.3 is 0 Å². The Morgan fingerprint density at radius 3 is 2.84 bits per heavy atom. The summed E-state index contributed by atoms with van der Waals surface area (Å²) in [5.74, 6) is 2.50. The maximum Gasteiger partial charge on any atom is 0.130 e. The van der Waals surface area contributed by atoms with Gasteiger partial charge in [0.05, 0.1) is 18.5 Å². The Morgan fingerprint density at radius 1 is 1.16 bits per heavy atom. The Balaban J connectivity index is 1.16. The first-order valence-corrected chi connectivity index (χ1v) is 10.8. The molecule has 2 aliphatic heterocycles. The maximum absolute atomic E-state index is 13.0. The second-order valence-corrected chi connectivity index (χ2v) is 8.28. The Labute approximate surface area is 186 Å². The van der Waals surface area contributed by atoms with E-state index in [-0.39, 0.29) is 5.82 Å². The van der Waals surface area contributed by atoms with Crippen LogP contribution in [0, 0.1) is 5.82 Å². The molecule has 0 bridgehead atoms. The number of hydrogen-bond donors (Lipinski definition) is 1. The van der Waals surface area contributed by atoms with Gasteiger partial charge in [0.25, 0.3) is 0 Å². The summed E-state index contributed by atoms with van der Waals surface area (Å²) in [6.07, 6.45) is 3.29. The van der Waals surface area contributed by atoms with Crippen LogP contribution in [0.4, 0.5) is 4.39 Å². The van der Waals surface area contributed by atoms with Crippen molar-refractivity contribution in [2.75, 3.05) is 33.4 Å². The molecule has 6 nitrogen and oxygen atoms in total. The van der Waals surface area contributed by atoms with Crippen LogP contribution in [0.25, 0.3) is 6.08 Å². The van der Waals surface area contributed by atoms with Crippen LogP contribution in [-0.2, 0) is 6.61 Å². The van der Waals surface area contributed by atoms with E-state index in [9.17, 15) is 4.39 Å². The Hall–Kier alpha value is -3.32. The second-order valence-electron chi connectivity index (χ2n) is 8.28. The number of nitrogens with one attached hydrogen (secondary N) is 1. The fourth-order valence-corrected chi connectivity index (χ4v) is 4.28. The third-order valence-corrected chi connectivity index (χ3v) is 5.97. The highest BCUT2D eigenvalue weighted by Crippen LogP contribution is 2.32. The van der Waals surface area contributed by atoms with Gasteiger partial charge in [-0.15, -0.1) is 0 Å². The summed E-state index contributed by atoms with van der Waals surface area (Å²) >= 11 is 0. The summed E-state index contributed by atoms with van der Waals surface area (Å²) in [6, 6.07) is 14.0. The number of aromatic nitrogens is 2. The van der Waals surface area contributed by atoms with Crippen molar-refractivity contribution in [3.05, 3.63) is 76.9 Å². The third-order valence-electron chi connectivity index (χ3n) is 5.97. The number of fused-ring (bicyclic) bond motifs is 1. The Kier molecular flexibility index (Phi) is 5.81. The van der Waals surface area contributed by atoms with Gasteiger partial charge in [0.2, 0.25) is 0 Å². The SMILES string of the molecule is COc1ccc2c(c1)C=C(CN1CC[C@@H](c3cc(COc4ccc(F)cc4)[nH]n3)C1)CO2. The molecule has 2 aromatic carbocycles. The normalized spacial score (nSPS) is 18.1. The summed E-state index contributed by atoms with van der Waals surface area (Å²) in [6.45, 7) is 3.88. The molecule has 1 N–H and O–H groups in total. The molecule has 166 valence electrons. The lowest BCUT2D eigenvalue weighted by Gasteiger charge is -2.22. The average Bonchev–Trinajstić information content (AvgIpc) is 3.48. The second kappa shape index (κ2) is 9.04. The zero-order valence-electron chi connectivity index (χ0n) is 18.0. The number of halogens is 1. The molecule has 1 atom stereocenters. The van der Waals surface area contributed by atoms with Crippen molar-refractivity contribution >= 4 is 6.08 Å². The topological polar surface area (TPSA) is 59.6 Å². The first-order valence-electron chi connectivity index (χ1n) is 10.8. The molecular weight excluding hydrogens is 409 g/mol. The van der Waals surface area contributed by atoms with E-state index in [0.29, 0.717) is 24.9 Å². The summed E-state index contributed by atoms with van der Waals surface area (Å²) < 4.78 is 30.0. The number of ether oxygens (including phenoxy) is 3. The van der Waals surface area contributed by atoms with Gasteiger partial charge in [0.1, 0.15) is 36.3 Å². The Bertz CT molecular complexity index is 1110. The fourth-order valence-electron chi connectivity index (χ4n) is 4.28. The Morgan fingerprint density at radius 2 is 2.00 bits per heavy atom. The quantitative estimate of drug-likeness (QED) is 0.596. The van der Waals surface area contributed by atoms with E-state index >= 15 is 0 Å². The molecule has 0 aliphatic carbocycles. The van der Waals surface area contributed by atoms with Crippen LogP contribution < -0.4 is 14.2 Å². The number of rotatable bonds is 7. The van der Waals surface area contributed by atoms with Gasteiger partial charge in [-0.3, -0.25) is 10.00 Å². The van der Waals surface area contributed by atoms with Crippen LogP contribution in [0.2, 0.25) is 0 Å². The number of likely N-dealkylation sites (tertiary alicyclic amines) is 1. The molecule has 0 spiro atoms. The number of aromatic amines is 1. The number of hydrogen-bond acceptors (Lipinski definition) is 5. The van der Waals surface area contributed by atoms with Crippen molar-refractivity contribution < 1.29 is 18.6 Å². The predicted molar refractivity (Wildman–Crippen MR) is 120 cm³/mol. The van der Waals surface area contributed by atoms with E-state index in [1.807, 2.05) is 18.2 Å². The molecule has 2 aliphatic rings. The highest BCUT2D eigenvalue weighted by Gasteiger charge is 2.27. The van der Waals surface area contributed by atoms with Crippen molar-refractivity contribution in [2.24, 2.45) is 0 Å². The molecule has 1 fully saturated rings. The summed E-state index contributed by atoms with van der Waals surface area (Å²) in [5, 5.41) is 7.58. The van der Waals surface area contributed by atoms with Crippen molar-refractivity contribution in [2.45, 2.75) is 18.9 Å². The molecular formula is C25H26FN3O3. The zero-order valence-corrected chi connectivity index (χ0v) is 18.0. The van der Waals surface area contributed by atoms with Crippen LogP contribution in [0.15, 0.2) is 54.1 Å². The van der Waals surface area contributed by atoms with E-state index in [2.05, 4.69) is 27.2 Å². The molecule has 5 rings (SSSR count). The first kappa shape index (κ1) is 20.6. The number of H-pyrrole nitrogens is 1. The van der Waals surface area contributed by atoms with Gasteiger partial charge in [-0.25, -0.2) is 4.39 Å². The largest absolute Gasteiger partial charge is 0.497 e. The van der Waals surface area contributed by atoms with Gasteiger partial charge in [0.15, 0.2) is 0 Å². The lowest BCUT2D eigenvalue weighted by Crippen LogP contribution is -2.26. The molecule has 32 heavy (non-hydrogen) atoms. The van der Waals surface area contributed by atoms with Gasteiger partial charge in [-0.1, -0.05) is 0 Å². The maximum atomic E-state index is 13.0. The summed E-state index contributed by atoms with van der Waals surface area (Å²) in [4.78, 5) is 2.45. The van der Waals surface area contributed by atoms with Crippen LogP contribution in [0.5, 0.6) is 17.2 Å². The van der Waals surface area contributed by atoms with Crippen molar-refractivity contribution in [3.8, 4) is 17.2 Å². The number of methoxy groups -OCH3 is 1. The van der Waals surface area contributed by atoms with E-state index in [0.717, 1.165) is 54.5 Å². The highest BCUT2D eigenvalue weighted by molar-refractivity contribution is 5.64. The van der Waals surface area contributed by atoms with Crippen LogP contribution in [0.1, 0.15) is 29.3 Å². The van der Waals surface area contributed by atoms with Crippen molar-refractivity contribution in [3.63, 3.8) is 0 Å². The molecule has 0 saturated carbocycles. The van der Waals surface area contributed by atoms with Crippen LogP contribution in [-0.4, -0.2) is 48.4 Å². The minimum atomic E-state index is -0.272. The van der Waals surface area contributed by atoms with E-state index in [1.54, 1.807) is 19.2 Å². The van der Waals surface area contributed by atoms with Gasteiger partial charge in [-0.05, 0) is 73.1 Å². The molecule has 3 aromatic rings. The minimum Gasteiger partial charge on any atom is -0.497 e. The van der Waals surface area contributed by atoms with Crippen LogP contribution in [0.3, 0.4) is 0 Å². The lowest BCUT2D eigenvalue weighted by atomic mass is 10.0. The third kappa shape index (κ3) is 4.62. The summed E-state index contributed by atoms with van der Waals surface area (Å²) in [5.41, 5.74) is 4.31. The smallest absolute Gasteiger partial charge is 0.130 e. The molecule has 3 heterocycles. The van der Waals surface area contributed by atoms with Gasteiger partial charge in [0, 0.05) is 24.6 Å². The molecule has 0 unspecified atom stereocenters. The highest BCUT2D eigenvalue weighted by atomic mass is 19.1. The van der Waals surface area contributed by atoms with Crippen molar-refractivity contribution in [1.82, 2.24) is 15.1 Å². The van der Waals surface area contributed by atoms with E-state index in [4.69, 9.17) is 14.2 Å². The monoisotopic (exact) mass is 435 g/mol. The van der Waals surface area contributed by atoms with Gasteiger partial charge < -0.3 is 14.2 Å². The standard InChI is InChI=1S/C25H26FN3O3/c1-30-23-6-7-25-19(11-23)10-17(15-32-25)13-29-9-8-18(14-29)24-12-21(27-28-24)16-31-22-4-2-20(26)3-5-22/h2-7,10-12,18H,8-9,13-16H2,1H3,(H,27,28)/t18-/m1/s1. The molecule has 1 aromatic heterocycles. The molecule has 7 heteroatoms. The molecule has 0 amide bonds. The number of nitrogens with zero attached hydrogens (tertiary/aromatic N) is 2. The van der Waals surface area contributed by atoms with Crippen molar-refractivity contribution in [1.29, 1.82) is 0 Å². The van der Waals surface area contributed by atoms with Crippen LogP contribution >= 0.6 is 0 Å². The zero-order chi connectivity index (χ0) is 21.9. The molecule has 0 radical (unpaired) electrons. The molecule has 1 saturated heterocycles. The summed E-state index contributed by atoms with van der Waals surface area (Å²) in [7, 11) is 1.68. The first-order chi connectivity index (χ1) is 15.7.